The topological polar surface area (TPSA) is 91.7 Å². The SMILES string of the molecule is C[C@H](NC(=O)CN1C(=O)N[C@@]2(CCCc3ccccc32)C1=O)c1ccco1. The fourth-order valence-corrected chi connectivity index (χ4v) is 3.99. The Labute approximate surface area is 156 Å². The Morgan fingerprint density at radius 3 is 2.89 bits per heavy atom. The van der Waals surface area contributed by atoms with E-state index in [1.54, 1.807) is 19.1 Å². The Hall–Kier alpha value is -3.09. The molecule has 1 aromatic heterocycles. The average molecular weight is 367 g/mol. The molecule has 140 valence electrons. The standard InChI is InChI=1S/C20H21N3O4/c1-13(16-9-5-11-27-16)21-17(24)12-23-18(25)20(22-19(23)26)10-4-7-14-6-2-3-8-15(14)20/h2-3,5-6,8-9,11,13H,4,7,10,12H2,1H3,(H,21,24)(H,22,26)/t13-,20+/m0/s1. The van der Waals surface area contributed by atoms with E-state index in [-0.39, 0.29) is 18.5 Å². The Bertz CT molecular complexity index is 892. The minimum atomic E-state index is -1.06. The van der Waals surface area contributed by atoms with Crippen molar-refractivity contribution in [1.82, 2.24) is 15.5 Å². The van der Waals surface area contributed by atoms with E-state index in [4.69, 9.17) is 4.42 Å². The minimum Gasteiger partial charge on any atom is -0.467 e. The van der Waals surface area contributed by atoms with Crippen molar-refractivity contribution >= 4 is 17.8 Å². The molecule has 0 radical (unpaired) electrons. The molecule has 7 nitrogen and oxygen atoms in total. The van der Waals surface area contributed by atoms with Crippen LogP contribution in [0, 0.1) is 0 Å². The molecule has 0 saturated carbocycles. The van der Waals surface area contributed by atoms with Crippen molar-refractivity contribution in [2.24, 2.45) is 0 Å². The van der Waals surface area contributed by atoms with Gasteiger partial charge in [0.05, 0.1) is 12.3 Å². The summed E-state index contributed by atoms with van der Waals surface area (Å²) >= 11 is 0. The Balaban J connectivity index is 1.52. The van der Waals surface area contributed by atoms with Gasteiger partial charge in [0.15, 0.2) is 0 Å². The Kier molecular flexibility index (Phi) is 4.22. The number of furan rings is 1. The Morgan fingerprint density at radius 1 is 1.30 bits per heavy atom. The summed E-state index contributed by atoms with van der Waals surface area (Å²) in [6, 6.07) is 10.3. The minimum absolute atomic E-state index is 0.320. The maximum Gasteiger partial charge on any atom is 0.325 e. The van der Waals surface area contributed by atoms with Crippen LogP contribution >= 0.6 is 0 Å². The highest BCUT2D eigenvalue weighted by atomic mass is 16.3. The fourth-order valence-electron chi connectivity index (χ4n) is 3.99. The molecular formula is C20H21N3O4. The highest BCUT2D eigenvalue weighted by Gasteiger charge is 2.54. The number of hydrogen-bond donors (Lipinski definition) is 2. The first kappa shape index (κ1) is 17.3. The summed E-state index contributed by atoms with van der Waals surface area (Å²) < 4.78 is 5.26. The Morgan fingerprint density at radius 2 is 2.11 bits per heavy atom. The lowest BCUT2D eigenvalue weighted by Crippen LogP contribution is -2.47. The molecule has 1 aromatic carbocycles. The fraction of sp³-hybridized carbons (Fsp3) is 0.350. The summed E-state index contributed by atoms with van der Waals surface area (Å²) in [5.41, 5.74) is 0.843. The number of rotatable bonds is 4. The third-order valence-corrected chi connectivity index (χ3v) is 5.30. The van der Waals surface area contributed by atoms with Crippen LogP contribution in [0.4, 0.5) is 4.79 Å². The zero-order valence-corrected chi connectivity index (χ0v) is 15.0. The second-order valence-corrected chi connectivity index (χ2v) is 7.04. The molecule has 1 saturated heterocycles. The van der Waals surface area contributed by atoms with Crippen LogP contribution in [0.5, 0.6) is 0 Å². The van der Waals surface area contributed by atoms with Crippen LogP contribution in [0.25, 0.3) is 0 Å². The van der Waals surface area contributed by atoms with Crippen molar-refractivity contribution in [3.8, 4) is 0 Å². The van der Waals surface area contributed by atoms with Crippen LogP contribution in [-0.2, 0) is 21.5 Å². The number of hydrogen-bond acceptors (Lipinski definition) is 4. The zero-order valence-electron chi connectivity index (χ0n) is 15.0. The van der Waals surface area contributed by atoms with E-state index in [0.29, 0.717) is 12.2 Å². The van der Waals surface area contributed by atoms with Crippen LogP contribution in [0.1, 0.15) is 42.7 Å². The van der Waals surface area contributed by atoms with Gasteiger partial charge in [0.2, 0.25) is 5.91 Å². The molecule has 0 bridgehead atoms. The molecule has 2 atom stereocenters. The first-order valence-corrected chi connectivity index (χ1v) is 9.06. The molecule has 27 heavy (non-hydrogen) atoms. The smallest absolute Gasteiger partial charge is 0.325 e. The lowest BCUT2D eigenvalue weighted by molar-refractivity contribution is -0.135. The predicted molar refractivity (Wildman–Crippen MR) is 96.6 cm³/mol. The third-order valence-electron chi connectivity index (χ3n) is 5.30. The van der Waals surface area contributed by atoms with Gasteiger partial charge in [0, 0.05) is 0 Å². The second-order valence-electron chi connectivity index (χ2n) is 7.04. The quantitative estimate of drug-likeness (QED) is 0.811. The van der Waals surface area contributed by atoms with Crippen molar-refractivity contribution in [1.29, 1.82) is 0 Å². The molecule has 4 rings (SSSR count). The largest absolute Gasteiger partial charge is 0.467 e. The number of benzene rings is 1. The summed E-state index contributed by atoms with van der Waals surface area (Å²) in [4.78, 5) is 39.1. The number of nitrogens with zero attached hydrogens (tertiary/aromatic N) is 1. The van der Waals surface area contributed by atoms with Gasteiger partial charge in [-0.2, -0.15) is 0 Å². The summed E-state index contributed by atoms with van der Waals surface area (Å²) in [5, 5.41) is 5.60. The van der Waals surface area contributed by atoms with E-state index in [1.165, 1.54) is 6.26 Å². The van der Waals surface area contributed by atoms with Gasteiger partial charge in [0.25, 0.3) is 5.91 Å². The van der Waals surface area contributed by atoms with Gasteiger partial charge < -0.3 is 15.1 Å². The molecule has 1 fully saturated rings. The molecule has 1 aliphatic heterocycles. The predicted octanol–water partition coefficient (Wildman–Crippen LogP) is 2.24. The van der Waals surface area contributed by atoms with Crippen molar-refractivity contribution in [2.45, 2.75) is 37.8 Å². The van der Waals surface area contributed by atoms with Crippen LogP contribution in [0.2, 0.25) is 0 Å². The van der Waals surface area contributed by atoms with Crippen molar-refractivity contribution in [3.63, 3.8) is 0 Å². The number of carbonyl (C=O) groups excluding carboxylic acids is 3. The van der Waals surface area contributed by atoms with E-state index in [9.17, 15) is 14.4 Å². The summed E-state index contributed by atoms with van der Waals surface area (Å²) in [6.07, 6.45) is 3.75. The van der Waals surface area contributed by atoms with Gasteiger partial charge >= 0.3 is 6.03 Å². The number of amides is 4. The average Bonchev–Trinajstić information content (AvgIpc) is 3.27. The summed E-state index contributed by atoms with van der Waals surface area (Å²) in [7, 11) is 0. The number of carbonyl (C=O) groups is 3. The number of aryl methyl sites for hydroxylation is 1. The van der Waals surface area contributed by atoms with Crippen molar-refractivity contribution < 1.29 is 18.8 Å². The monoisotopic (exact) mass is 367 g/mol. The molecule has 2 aromatic rings. The first-order chi connectivity index (χ1) is 13.0. The van der Waals surface area contributed by atoms with E-state index >= 15 is 0 Å². The van der Waals surface area contributed by atoms with Crippen LogP contribution in [0.3, 0.4) is 0 Å². The van der Waals surface area contributed by atoms with E-state index < -0.39 is 17.5 Å². The van der Waals surface area contributed by atoms with Gasteiger partial charge in [-0.3, -0.25) is 14.5 Å². The highest BCUT2D eigenvalue weighted by Crippen LogP contribution is 2.39. The molecule has 7 heteroatoms. The molecule has 4 amide bonds. The lowest BCUT2D eigenvalue weighted by Gasteiger charge is -2.33. The normalized spacial score (nSPS) is 22.5. The summed E-state index contributed by atoms with van der Waals surface area (Å²) in [5.74, 6) is -0.165. The van der Waals surface area contributed by atoms with Crippen molar-refractivity contribution in [3.05, 3.63) is 59.5 Å². The number of imide groups is 1. The molecule has 1 aliphatic carbocycles. The third kappa shape index (κ3) is 2.89. The van der Waals surface area contributed by atoms with Gasteiger partial charge in [-0.1, -0.05) is 24.3 Å². The lowest BCUT2D eigenvalue weighted by atomic mass is 9.76. The van der Waals surface area contributed by atoms with Crippen molar-refractivity contribution in [2.75, 3.05) is 6.54 Å². The summed E-state index contributed by atoms with van der Waals surface area (Å²) in [6.45, 7) is 1.46. The zero-order chi connectivity index (χ0) is 19.0. The molecule has 2 N–H and O–H groups in total. The van der Waals surface area contributed by atoms with Crippen LogP contribution in [0.15, 0.2) is 47.1 Å². The number of fused-ring (bicyclic) bond motifs is 2. The van der Waals surface area contributed by atoms with E-state index in [0.717, 1.165) is 28.9 Å². The highest BCUT2D eigenvalue weighted by molar-refractivity contribution is 6.09. The molecule has 2 aliphatic rings. The van der Waals surface area contributed by atoms with Crippen LogP contribution in [-0.4, -0.2) is 29.3 Å². The maximum atomic E-state index is 13.1. The molecule has 2 heterocycles. The van der Waals surface area contributed by atoms with Gasteiger partial charge in [-0.05, 0) is 49.4 Å². The van der Waals surface area contributed by atoms with E-state index in [1.807, 2.05) is 24.3 Å². The van der Waals surface area contributed by atoms with Gasteiger partial charge in [-0.25, -0.2) is 4.79 Å². The number of urea groups is 1. The first-order valence-electron chi connectivity index (χ1n) is 9.06. The maximum absolute atomic E-state index is 13.1. The molecular weight excluding hydrogens is 346 g/mol. The number of nitrogens with one attached hydrogen (secondary N) is 2. The second kappa shape index (κ2) is 6.57. The molecule has 1 spiro atoms. The van der Waals surface area contributed by atoms with E-state index in [2.05, 4.69) is 10.6 Å². The van der Waals surface area contributed by atoms with Crippen LogP contribution < -0.4 is 10.6 Å². The van der Waals surface area contributed by atoms with Gasteiger partial charge in [0.1, 0.15) is 17.8 Å². The van der Waals surface area contributed by atoms with Gasteiger partial charge in [-0.15, -0.1) is 0 Å². The molecule has 0 unspecified atom stereocenters.